The van der Waals surface area contributed by atoms with Crippen LogP contribution in [0.5, 0.6) is 0 Å². The molecule has 0 aromatic heterocycles. The Bertz CT molecular complexity index is 268. The molecule has 0 saturated heterocycles. The minimum Gasteiger partial charge on any atom is -0.314 e. The molecular formula is C15H27NS. The third-order valence-corrected chi connectivity index (χ3v) is 6.83. The minimum absolute atomic E-state index is 0.820. The first-order chi connectivity index (χ1) is 8.29. The summed E-state index contributed by atoms with van der Waals surface area (Å²) in [5.74, 6) is 4.41. The van der Waals surface area contributed by atoms with E-state index >= 15 is 0 Å². The van der Waals surface area contributed by atoms with Gasteiger partial charge in [-0.1, -0.05) is 13.3 Å². The van der Waals surface area contributed by atoms with E-state index in [1.165, 1.54) is 25.8 Å². The second-order valence-corrected chi connectivity index (χ2v) is 7.83. The molecule has 1 N–H and O–H groups in total. The molecule has 6 unspecified atom stereocenters. The maximum atomic E-state index is 3.88. The van der Waals surface area contributed by atoms with E-state index in [0.717, 1.165) is 35.0 Å². The van der Waals surface area contributed by atoms with Gasteiger partial charge in [0.15, 0.2) is 0 Å². The Balaban J connectivity index is 1.47. The monoisotopic (exact) mass is 253 g/mol. The molecule has 0 radical (unpaired) electrons. The predicted molar refractivity (Wildman–Crippen MR) is 76.4 cm³/mol. The van der Waals surface area contributed by atoms with Gasteiger partial charge >= 0.3 is 0 Å². The Kier molecular flexibility index (Phi) is 3.72. The fourth-order valence-corrected chi connectivity index (χ4v) is 5.25. The Morgan fingerprint density at radius 2 is 2.00 bits per heavy atom. The molecule has 3 rings (SSSR count). The first-order valence-electron chi connectivity index (χ1n) is 7.55. The second-order valence-electron chi connectivity index (χ2n) is 6.55. The zero-order valence-corrected chi connectivity index (χ0v) is 12.1. The van der Waals surface area contributed by atoms with Crippen molar-refractivity contribution < 1.29 is 0 Å². The number of rotatable bonds is 5. The number of fused-ring (bicyclic) bond motifs is 5. The maximum Gasteiger partial charge on any atom is 0.0101 e. The summed E-state index contributed by atoms with van der Waals surface area (Å²) >= 11 is 2.00. The molecule has 6 atom stereocenters. The molecule has 3 aliphatic carbocycles. The van der Waals surface area contributed by atoms with Crippen LogP contribution in [0, 0.1) is 23.7 Å². The van der Waals surface area contributed by atoms with E-state index < -0.39 is 0 Å². The summed E-state index contributed by atoms with van der Waals surface area (Å²) in [6.07, 6.45) is 11.3. The highest BCUT2D eigenvalue weighted by atomic mass is 32.2. The zero-order chi connectivity index (χ0) is 11.8. The van der Waals surface area contributed by atoms with Crippen LogP contribution in [0.3, 0.4) is 0 Å². The number of hydrogen-bond acceptors (Lipinski definition) is 2. The predicted octanol–water partition coefficient (Wildman–Crippen LogP) is 3.54. The second kappa shape index (κ2) is 5.13. The molecule has 0 aliphatic heterocycles. The third-order valence-electron chi connectivity index (χ3n) is 5.79. The van der Waals surface area contributed by atoms with Crippen LogP contribution in [0.2, 0.25) is 0 Å². The molecule has 1 nitrogen and oxygen atoms in total. The van der Waals surface area contributed by atoms with Gasteiger partial charge in [0.05, 0.1) is 0 Å². The average molecular weight is 253 g/mol. The van der Waals surface area contributed by atoms with Crippen LogP contribution in [0.25, 0.3) is 0 Å². The molecule has 2 bridgehead atoms. The summed E-state index contributed by atoms with van der Waals surface area (Å²) < 4.78 is 0. The average Bonchev–Trinajstić information content (AvgIpc) is 3.00. The van der Waals surface area contributed by atoms with Gasteiger partial charge in [0, 0.05) is 11.3 Å². The van der Waals surface area contributed by atoms with Crippen LogP contribution >= 0.6 is 11.8 Å². The number of nitrogens with one attached hydrogen (secondary N) is 1. The van der Waals surface area contributed by atoms with Crippen molar-refractivity contribution in [1.82, 2.24) is 5.32 Å². The Hall–Kier alpha value is 0.310. The lowest BCUT2D eigenvalue weighted by molar-refractivity contribution is 0.209. The molecule has 0 heterocycles. The fraction of sp³-hybridized carbons (Fsp3) is 1.00. The minimum atomic E-state index is 0.820. The van der Waals surface area contributed by atoms with E-state index in [-0.39, 0.29) is 0 Å². The summed E-state index contributed by atoms with van der Waals surface area (Å²) in [5, 5.41) is 4.70. The van der Waals surface area contributed by atoms with E-state index in [1.54, 1.807) is 19.3 Å². The molecule has 3 saturated carbocycles. The van der Waals surface area contributed by atoms with Gasteiger partial charge in [-0.2, -0.15) is 11.8 Å². The molecule has 0 aromatic rings. The summed E-state index contributed by atoms with van der Waals surface area (Å²) in [4.78, 5) is 0. The van der Waals surface area contributed by atoms with E-state index in [9.17, 15) is 0 Å². The molecule has 0 spiro atoms. The molecule has 0 amide bonds. The molecule has 3 aliphatic rings. The molecule has 98 valence electrons. The first kappa shape index (κ1) is 12.3. The molecular weight excluding hydrogens is 226 g/mol. The topological polar surface area (TPSA) is 12.0 Å². The van der Waals surface area contributed by atoms with Crippen LogP contribution in [0.15, 0.2) is 0 Å². The standard InChI is InChI=1S/C15H27NS/c1-10(17-2)6-7-16-15-9-11-8-14(15)13-5-3-4-12(11)13/h10-16H,3-9H2,1-2H3. The lowest BCUT2D eigenvalue weighted by Gasteiger charge is -2.32. The van der Waals surface area contributed by atoms with Gasteiger partial charge in [-0.15, -0.1) is 0 Å². The normalized spacial score (nSPS) is 45.2. The van der Waals surface area contributed by atoms with E-state index in [1.807, 2.05) is 11.8 Å². The third kappa shape index (κ3) is 2.28. The quantitative estimate of drug-likeness (QED) is 0.804. The summed E-state index contributed by atoms with van der Waals surface area (Å²) in [5.41, 5.74) is 0. The molecule has 3 fully saturated rings. The van der Waals surface area contributed by atoms with Crippen molar-refractivity contribution >= 4 is 11.8 Å². The van der Waals surface area contributed by atoms with Crippen molar-refractivity contribution in [2.24, 2.45) is 23.7 Å². The lowest BCUT2D eigenvalue weighted by Crippen LogP contribution is -2.40. The van der Waals surface area contributed by atoms with Crippen LogP contribution < -0.4 is 5.32 Å². The van der Waals surface area contributed by atoms with Crippen LogP contribution in [-0.4, -0.2) is 24.1 Å². The highest BCUT2D eigenvalue weighted by molar-refractivity contribution is 7.99. The highest BCUT2D eigenvalue weighted by Crippen LogP contribution is 2.58. The summed E-state index contributed by atoms with van der Waals surface area (Å²) in [6.45, 7) is 3.59. The van der Waals surface area contributed by atoms with Gasteiger partial charge in [0.1, 0.15) is 0 Å². The van der Waals surface area contributed by atoms with Crippen molar-refractivity contribution in [2.45, 2.75) is 56.7 Å². The van der Waals surface area contributed by atoms with Crippen LogP contribution in [0.4, 0.5) is 0 Å². The van der Waals surface area contributed by atoms with Gasteiger partial charge in [-0.3, -0.25) is 0 Å². The molecule has 0 aromatic carbocycles. The summed E-state index contributed by atoms with van der Waals surface area (Å²) in [6, 6.07) is 0.883. The maximum absolute atomic E-state index is 3.88. The van der Waals surface area contributed by atoms with Crippen molar-refractivity contribution in [2.75, 3.05) is 12.8 Å². The number of hydrogen-bond donors (Lipinski definition) is 1. The first-order valence-corrected chi connectivity index (χ1v) is 8.84. The Morgan fingerprint density at radius 3 is 2.82 bits per heavy atom. The smallest absolute Gasteiger partial charge is 0.0101 e. The van der Waals surface area contributed by atoms with E-state index in [4.69, 9.17) is 0 Å². The van der Waals surface area contributed by atoms with Crippen LogP contribution in [-0.2, 0) is 0 Å². The highest BCUT2D eigenvalue weighted by Gasteiger charge is 2.53. The SMILES string of the molecule is CSC(C)CCNC1CC2CC1C1CCCC21. The number of thioether (sulfide) groups is 1. The van der Waals surface area contributed by atoms with Gasteiger partial charge < -0.3 is 5.32 Å². The fourth-order valence-electron chi connectivity index (χ4n) is 4.89. The summed E-state index contributed by atoms with van der Waals surface area (Å²) in [7, 11) is 0. The largest absolute Gasteiger partial charge is 0.314 e. The van der Waals surface area contributed by atoms with Crippen molar-refractivity contribution in [1.29, 1.82) is 0 Å². The Labute approximate surface area is 111 Å². The lowest BCUT2D eigenvalue weighted by atomic mass is 9.79. The van der Waals surface area contributed by atoms with Gasteiger partial charge in [-0.25, -0.2) is 0 Å². The van der Waals surface area contributed by atoms with Gasteiger partial charge in [0.25, 0.3) is 0 Å². The van der Waals surface area contributed by atoms with Gasteiger partial charge in [0.2, 0.25) is 0 Å². The zero-order valence-electron chi connectivity index (χ0n) is 11.3. The molecule has 2 heteroatoms. The van der Waals surface area contributed by atoms with E-state index in [2.05, 4.69) is 18.5 Å². The van der Waals surface area contributed by atoms with E-state index in [0.29, 0.717) is 0 Å². The molecule has 17 heavy (non-hydrogen) atoms. The van der Waals surface area contributed by atoms with Gasteiger partial charge in [-0.05, 0) is 68.6 Å². The van der Waals surface area contributed by atoms with Crippen LogP contribution in [0.1, 0.15) is 45.4 Å². The van der Waals surface area contributed by atoms with Crippen molar-refractivity contribution in [3.63, 3.8) is 0 Å². The van der Waals surface area contributed by atoms with Crippen molar-refractivity contribution in [3.8, 4) is 0 Å². The van der Waals surface area contributed by atoms with Crippen molar-refractivity contribution in [3.05, 3.63) is 0 Å². The Morgan fingerprint density at radius 1 is 1.18 bits per heavy atom.